The third-order valence-corrected chi connectivity index (χ3v) is 0. The zero-order chi connectivity index (χ0) is 0. The summed E-state index contributed by atoms with van der Waals surface area (Å²) in [5.41, 5.74) is 0. The van der Waals surface area contributed by atoms with E-state index in [-0.39, 0.29) is 75.5 Å². The smallest absolute Gasteiger partial charge is 0 e. The minimum atomic E-state index is 0. The van der Waals surface area contributed by atoms with Crippen LogP contribution in [0.25, 0.3) is 0 Å². The topological polar surface area (TPSA) is 0 Å². The van der Waals surface area contributed by atoms with E-state index in [1.165, 1.54) is 0 Å². The molecule has 0 aromatic rings. The zero-order valence-corrected chi connectivity index (χ0v) is 2.86. The molecule has 23 valence electrons. The molecule has 0 amide bonds. The summed E-state index contributed by atoms with van der Waals surface area (Å²) in [6, 6.07) is 0. The Hall–Kier alpha value is 2.38. The Morgan fingerprint density at radius 1 is 1.00 bits per heavy atom. The first-order valence-corrected chi connectivity index (χ1v) is 0. The minimum Gasteiger partial charge on any atom is 0 e. The SMILES string of the molecule is [LiH].[MgH2].[Mn].[Ni]. The molecule has 0 atom stereocenters. The molecule has 0 unspecified atom stereocenters. The van der Waals surface area contributed by atoms with Crippen molar-refractivity contribution in [3.05, 3.63) is 0 Å². The summed E-state index contributed by atoms with van der Waals surface area (Å²) in [6.45, 7) is 0. The number of hydrogen-bond acceptors (Lipinski definition) is 0. The molecular formula is H3LiMgMnNi. The van der Waals surface area contributed by atoms with Crippen molar-refractivity contribution in [3.63, 3.8) is 0 Å². The van der Waals surface area contributed by atoms with Crippen LogP contribution < -0.4 is 0 Å². The summed E-state index contributed by atoms with van der Waals surface area (Å²) in [5.74, 6) is 0. The first-order chi connectivity index (χ1) is 0. The van der Waals surface area contributed by atoms with Crippen LogP contribution in [0.4, 0.5) is 0 Å². The van der Waals surface area contributed by atoms with Crippen molar-refractivity contribution in [1.29, 1.82) is 0 Å². The van der Waals surface area contributed by atoms with Gasteiger partial charge in [-0.15, -0.1) is 0 Å². The summed E-state index contributed by atoms with van der Waals surface area (Å²) in [5, 5.41) is 0. The van der Waals surface area contributed by atoms with Crippen molar-refractivity contribution < 1.29 is 33.6 Å². The van der Waals surface area contributed by atoms with Crippen molar-refractivity contribution in [2.75, 3.05) is 0 Å². The molecule has 0 spiro atoms. The second-order valence-electron chi connectivity index (χ2n) is 0. The van der Waals surface area contributed by atoms with Crippen molar-refractivity contribution in [2.24, 2.45) is 0 Å². The third kappa shape index (κ3) is 8.83. The number of rotatable bonds is 0. The van der Waals surface area contributed by atoms with E-state index < -0.39 is 0 Å². The maximum Gasteiger partial charge on any atom is 0.316 e. The van der Waals surface area contributed by atoms with Gasteiger partial charge in [0.1, 0.15) is 0 Å². The molecule has 0 saturated carbocycles. The van der Waals surface area contributed by atoms with Gasteiger partial charge in [-0.05, 0) is 0 Å². The average molecular weight is 148 g/mol. The van der Waals surface area contributed by atoms with Gasteiger partial charge < -0.3 is 0 Å². The summed E-state index contributed by atoms with van der Waals surface area (Å²) in [4.78, 5) is 0. The van der Waals surface area contributed by atoms with Crippen molar-refractivity contribution in [1.82, 2.24) is 0 Å². The van der Waals surface area contributed by atoms with Gasteiger partial charge in [0.2, 0.25) is 0 Å². The first-order valence-electron chi connectivity index (χ1n) is 0. The molecular weight excluding hydrogens is 145 g/mol. The molecule has 0 fully saturated rings. The Kier molecular flexibility index (Phi) is 149. The van der Waals surface area contributed by atoms with E-state index in [0.29, 0.717) is 0 Å². The zero-order valence-electron chi connectivity index (χ0n) is 0.694. The van der Waals surface area contributed by atoms with Crippen LogP contribution in [0.3, 0.4) is 0 Å². The molecule has 0 N–H and O–H groups in total. The molecule has 0 saturated heterocycles. The van der Waals surface area contributed by atoms with Crippen LogP contribution in [0.1, 0.15) is 0 Å². The van der Waals surface area contributed by atoms with Gasteiger partial charge in [0, 0.05) is 33.6 Å². The van der Waals surface area contributed by atoms with Gasteiger partial charge in [-0.25, -0.2) is 0 Å². The number of hydrogen-bond donors (Lipinski definition) is 0. The van der Waals surface area contributed by atoms with Crippen LogP contribution >= 0.6 is 0 Å². The third-order valence-electron chi connectivity index (χ3n) is 0. The largest absolute Gasteiger partial charge is 0.316 e. The monoisotopic (exact) mass is 147 g/mol. The minimum absolute atomic E-state index is 0. The maximum absolute atomic E-state index is 0. The predicted octanol–water partition coefficient (Wildman–Crippen LogP) is -1.57. The molecule has 0 nitrogen and oxygen atoms in total. The van der Waals surface area contributed by atoms with Gasteiger partial charge in [0.05, 0.1) is 0 Å². The Morgan fingerprint density at radius 3 is 1.00 bits per heavy atom. The van der Waals surface area contributed by atoms with Gasteiger partial charge in [0.15, 0.2) is 0 Å². The second kappa shape index (κ2) is 18.2. The Labute approximate surface area is 74.6 Å². The van der Waals surface area contributed by atoms with Gasteiger partial charge in [0.25, 0.3) is 0 Å². The van der Waals surface area contributed by atoms with Gasteiger partial charge in [-0.1, -0.05) is 0 Å². The summed E-state index contributed by atoms with van der Waals surface area (Å²) in [6.07, 6.45) is 0. The second-order valence-corrected chi connectivity index (χ2v) is 0. The van der Waals surface area contributed by atoms with Crippen molar-refractivity contribution in [3.8, 4) is 0 Å². The molecule has 4 heteroatoms. The predicted molar refractivity (Wildman–Crippen MR) is 15.7 cm³/mol. The van der Waals surface area contributed by atoms with E-state index in [0.717, 1.165) is 0 Å². The quantitative estimate of drug-likeness (QED) is 0.364. The van der Waals surface area contributed by atoms with E-state index in [4.69, 9.17) is 0 Å². The van der Waals surface area contributed by atoms with Crippen LogP contribution in [0.2, 0.25) is 0 Å². The first kappa shape index (κ1) is 32.6. The molecule has 0 aromatic heterocycles. The molecule has 0 aliphatic rings. The van der Waals surface area contributed by atoms with Crippen molar-refractivity contribution in [2.45, 2.75) is 0 Å². The van der Waals surface area contributed by atoms with Crippen LogP contribution in [-0.2, 0) is 33.6 Å². The van der Waals surface area contributed by atoms with Crippen LogP contribution in [0.5, 0.6) is 0 Å². The van der Waals surface area contributed by atoms with Crippen LogP contribution in [-0.4, -0.2) is 41.9 Å². The van der Waals surface area contributed by atoms with Gasteiger partial charge in [-0.3, -0.25) is 0 Å². The Balaban J connectivity index is 0. The molecule has 0 heterocycles. The summed E-state index contributed by atoms with van der Waals surface area (Å²) < 4.78 is 0. The molecule has 1 radical (unpaired) electrons. The normalized spacial score (nSPS) is 0. The van der Waals surface area contributed by atoms with Gasteiger partial charge >= 0.3 is 41.9 Å². The van der Waals surface area contributed by atoms with E-state index in [1.807, 2.05) is 0 Å². The van der Waals surface area contributed by atoms with Crippen molar-refractivity contribution >= 4 is 41.9 Å². The van der Waals surface area contributed by atoms with Crippen LogP contribution in [0, 0.1) is 0 Å². The van der Waals surface area contributed by atoms with E-state index in [9.17, 15) is 0 Å². The fourth-order valence-electron chi connectivity index (χ4n) is 0. The molecule has 4 heavy (non-hydrogen) atoms. The Morgan fingerprint density at radius 2 is 1.00 bits per heavy atom. The molecule has 0 rings (SSSR count). The van der Waals surface area contributed by atoms with E-state index >= 15 is 0 Å². The summed E-state index contributed by atoms with van der Waals surface area (Å²) in [7, 11) is 0. The summed E-state index contributed by atoms with van der Waals surface area (Å²) >= 11 is 0. The standard InChI is InChI=1S/Li.Mg.Mn.Ni.3H. The van der Waals surface area contributed by atoms with Gasteiger partial charge in [-0.2, -0.15) is 0 Å². The fourth-order valence-corrected chi connectivity index (χ4v) is 0. The van der Waals surface area contributed by atoms with E-state index in [1.54, 1.807) is 0 Å². The van der Waals surface area contributed by atoms with E-state index in [2.05, 4.69) is 0 Å². The van der Waals surface area contributed by atoms with Crippen LogP contribution in [0.15, 0.2) is 0 Å². The molecule has 0 bridgehead atoms. The Bertz CT molecular complexity index is 8.00. The molecule has 0 aliphatic heterocycles. The average Bonchev–Trinajstić information content (AvgIpc) is 0. The molecule has 0 aromatic carbocycles. The molecule has 0 aliphatic carbocycles. The maximum atomic E-state index is 0. The fraction of sp³-hybridized carbons (Fsp3) is 0.